The molecule has 0 radical (unpaired) electrons. The largest absolute Gasteiger partial charge is 0.0654 e. The highest BCUT2D eigenvalue weighted by Crippen LogP contribution is 2.62. The maximum absolute atomic E-state index is 2.41. The van der Waals surface area contributed by atoms with Crippen LogP contribution in [0.2, 0.25) is 0 Å². The minimum Gasteiger partial charge on any atom is -0.0654 e. The highest BCUT2D eigenvalue weighted by Gasteiger charge is 2.35. The lowest BCUT2D eigenvalue weighted by Gasteiger charge is -2.28. The second-order valence-corrected chi connectivity index (χ2v) is 31.6. The number of unbranched alkanes of at least 4 members (excludes halogenated alkanes) is 18. The maximum atomic E-state index is 2.41. The van der Waals surface area contributed by atoms with E-state index in [0.29, 0.717) is 0 Å². The van der Waals surface area contributed by atoms with Crippen molar-refractivity contribution in [3.63, 3.8) is 0 Å². The second-order valence-electron chi connectivity index (χ2n) is 17.4. The van der Waals surface area contributed by atoms with E-state index >= 15 is 0 Å². The van der Waals surface area contributed by atoms with Gasteiger partial charge >= 0.3 is 0 Å². The average molecular weight is 806 g/mol. The molecule has 0 saturated carbocycles. The van der Waals surface area contributed by atoms with Crippen molar-refractivity contribution in [2.75, 3.05) is 73.9 Å². The van der Waals surface area contributed by atoms with E-state index in [4.69, 9.17) is 0 Å². The zero-order valence-electron chi connectivity index (χ0n) is 40.2. The van der Waals surface area contributed by atoms with Gasteiger partial charge in [-0.2, -0.15) is 0 Å². The van der Waals surface area contributed by atoms with E-state index in [-0.39, 0.29) is 0 Å². The van der Waals surface area contributed by atoms with Gasteiger partial charge < -0.3 is 0 Å². The Morgan fingerprint density at radius 1 is 0.170 bits per heavy atom. The van der Waals surface area contributed by atoms with E-state index in [1.165, 1.54) is 185 Å². The van der Waals surface area contributed by atoms with Crippen LogP contribution >= 0.6 is 21.8 Å². The summed E-state index contributed by atoms with van der Waals surface area (Å²) < 4.78 is 0. The quantitative estimate of drug-likeness (QED) is 0.0431. The maximum Gasteiger partial charge on any atom is 0.0594 e. The Labute approximate surface area is 344 Å². The van der Waals surface area contributed by atoms with Gasteiger partial charge in [-0.1, -0.05) is 165 Å². The van der Waals surface area contributed by atoms with Crippen molar-refractivity contribution in [3.05, 3.63) is 0 Å². The smallest absolute Gasteiger partial charge is 0.0594 e. The van der Waals surface area contributed by atoms with Crippen molar-refractivity contribution in [2.45, 2.75) is 250 Å². The molecule has 0 nitrogen and oxygen atoms in total. The number of hydrogen-bond donors (Lipinski definition) is 0. The molecule has 0 atom stereocenters. The van der Waals surface area contributed by atoms with Gasteiger partial charge in [0.1, 0.15) is 0 Å². The fraction of sp³-hybridized carbons (Fsp3) is 1.00. The van der Waals surface area contributed by atoms with Crippen LogP contribution in [0.5, 0.6) is 0 Å². The van der Waals surface area contributed by atoms with Crippen molar-refractivity contribution in [1.82, 2.24) is 0 Å². The molecule has 0 rings (SSSR count). The lowest BCUT2D eigenvalue weighted by atomic mass is 10.0. The molecule has 0 aliphatic carbocycles. The molecular weight excluding hydrogens is 693 g/mol. The lowest BCUT2D eigenvalue weighted by molar-refractivity contribution is 0.538. The summed E-state index contributed by atoms with van der Waals surface area (Å²) in [7, 11) is -1.58. The third kappa shape index (κ3) is 35.0. The van der Waals surface area contributed by atoms with Gasteiger partial charge in [-0.15, -0.1) is 0 Å². The molecule has 0 amide bonds. The van der Waals surface area contributed by atoms with Crippen LogP contribution < -0.4 is 0 Å². The van der Waals surface area contributed by atoms with Crippen molar-refractivity contribution in [3.8, 4) is 0 Å². The Morgan fingerprint density at radius 3 is 0.679 bits per heavy atom. The summed E-state index contributed by atoms with van der Waals surface area (Å²) in [4.78, 5) is 0. The molecule has 0 spiro atoms. The lowest BCUT2D eigenvalue weighted by Crippen LogP contribution is -2.13. The summed E-state index contributed by atoms with van der Waals surface area (Å²) in [5.41, 5.74) is 0. The molecule has 0 aromatic rings. The number of hydrogen-bond acceptors (Lipinski definition) is 0. The third-order valence-corrected chi connectivity index (χ3v) is 28.8. The first-order valence-electron chi connectivity index (χ1n) is 25.3. The second kappa shape index (κ2) is 44.4. The van der Waals surface area contributed by atoms with Gasteiger partial charge in [-0.3, -0.25) is 0 Å². The highest BCUT2D eigenvalue weighted by atomic mass is 31.2. The zero-order chi connectivity index (χ0) is 40.4. The highest BCUT2D eigenvalue weighted by molar-refractivity contribution is 7.76. The van der Waals surface area contributed by atoms with Gasteiger partial charge in [0.05, 0.1) is 73.9 Å². The predicted octanol–water partition coefficient (Wildman–Crippen LogP) is 19.4. The van der Waals surface area contributed by atoms with Crippen LogP contribution in [0.15, 0.2) is 0 Å². The van der Waals surface area contributed by atoms with Crippen LogP contribution in [0.1, 0.15) is 250 Å². The van der Waals surface area contributed by atoms with Gasteiger partial charge in [-0.05, 0) is 85.5 Å². The van der Waals surface area contributed by atoms with Gasteiger partial charge in [0, 0.05) is 21.8 Å². The van der Waals surface area contributed by atoms with Crippen molar-refractivity contribution >= 4 is 21.8 Å². The minimum absolute atomic E-state index is 0.469. The number of rotatable bonds is 38. The van der Waals surface area contributed by atoms with Crippen LogP contribution in [-0.4, -0.2) is 73.9 Å². The van der Waals surface area contributed by atoms with Gasteiger partial charge in [0.15, 0.2) is 0 Å². The van der Waals surface area contributed by atoms with E-state index in [1.807, 2.05) is 0 Å². The summed E-state index contributed by atoms with van der Waals surface area (Å²) >= 11 is 0. The third-order valence-electron chi connectivity index (χ3n) is 13.0. The monoisotopic (exact) mass is 806 g/mol. The first-order valence-corrected chi connectivity index (χ1v) is 32.9. The molecule has 0 aromatic carbocycles. The fourth-order valence-electron chi connectivity index (χ4n) is 8.87. The molecule has 0 aliphatic rings. The topological polar surface area (TPSA) is 0 Å². The molecule has 0 N–H and O–H groups in total. The summed E-state index contributed by atoms with van der Waals surface area (Å²) in [5.74, 6) is 0. The Balaban J connectivity index is -0.000000852. The summed E-state index contributed by atoms with van der Waals surface area (Å²) in [5, 5.41) is 0. The standard InChI is InChI=1S/C28H60P.2C11H26P/c1-5-9-13-14-15-16-17-18-19-20-21-22-23-24-28-29(25-10-6-2,26-11-7-3)27-12-8-4;1-5-9-10-11-12(6-2,7-3)8-4;1-5-9-12(8-4,10-6-2)11-7-3/h5-28H2,1-4H3;2*5-11H2,1-4H3/q3*+1. The Bertz CT molecular complexity index is 610. The minimum atomic E-state index is -0.630. The molecule has 3 heteroatoms. The molecule has 0 fully saturated rings. The van der Waals surface area contributed by atoms with Crippen molar-refractivity contribution in [1.29, 1.82) is 0 Å². The molecule has 0 aliphatic heterocycles. The Morgan fingerprint density at radius 2 is 0.396 bits per heavy atom. The molecule has 53 heavy (non-hydrogen) atoms. The van der Waals surface area contributed by atoms with Crippen LogP contribution in [0.25, 0.3) is 0 Å². The van der Waals surface area contributed by atoms with E-state index < -0.39 is 21.8 Å². The Kier molecular flexibility index (Phi) is 49.1. The zero-order valence-corrected chi connectivity index (χ0v) is 42.9. The SMILES string of the molecule is CCCCCCCCCCCCCCCC[P+](CCCC)(CCCC)CCCC.CCCCC[P+](CC)(CC)CC.CCC[P+](CC)(CCC)CCC. The van der Waals surface area contributed by atoms with Gasteiger partial charge in [0.25, 0.3) is 0 Å². The molecule has 0 saturated heterocycles. The van der Waals surface area contributed by atoms with E-state index in [1.54, 1.807) is 55.7 Å². The first kappa shape index (κ1) is 58.6. The van der Waals surface area contributed by atoms with Crippen LogP contribution in [-0.2, 0) is 0 Å². The van der Waals surface area contributed by atoms with Gasteiger partial charge in [0.2, 0.25) is 0 Å². The predicted molar refractivity (Wildman–Crippen MR) is 267 cm³/mol. The van der Waals surface area contributed by atoms with Crippen molar-refractivity contribution in [2.24, 2.45) is 0 Å². The molecule has 0 unspecified atom stereocenters. The van der Waals surface area contributed by atoms with E-state index in [2.05, 4.69) is 83.1 Å². The Hall–Kier alpha value is 1.29. The van der Waals surface area contributed by atoms with Crippen molar-refractivity contribution < 1.29 is 0 Å². The normalized spacial score (nSPS) is 12.0. The average Bonchev–Trinajstić information content (AvgIpc) is 3.18. The van der Waals surface area contributed by atoms with E-state index in [9.17, 15) is 0 Å². The molecule has 324 valence electrons. The summed E-state index contributed by atoms with van der Waals surface area (Å²) in [6, 6.07) is 0. The first-order chi connectivity index (χ1) is 25.7. The summed E-state index contributed by atoms with van der Waals surface area (Å²) in [6.07, 6.45) is 56.6. The molecule has 0 bridgehead atoms. The van der Waals surface area contributed by atoms with Crippen LogP contribution in [0, 0.1) is 0 Å². The van der Waals surface area contributed by atoms with E-state index in [0.717, 1.165) is 0 Å². The van der Waals surface area contributed by atoms with Crippen LogP contribution in [0.3, 0.4) is 0 Å². The molecule has 0 heterocycles. The van der Waals surface area contributed by atoms with Crippen LogP contribution in [0.4, 0.5) is 0 Å². The summed E-state index contributed by atoms with van der Waals surface area (Å²) in [6.45, 7) is 28.4. The van der Waals surface area contributed by atoms with Gasteiger partial charge in [-0.25, -0.2) is 0 Å². The molecular formula is C50H112P3+3. The molecule has 0 aromatic heterocycles. The fourth-order valence-corrected chi connectivity index (χ4v) is 21.7.